The highest BCUT2D eigenvalue weighted by molar-refractivity contribution is 7.19. The Kier molecular flexibility index (Phi) is 3.46. The van der Waals surface area contributed by atoms with Crippen LogP contribution < -0.4 is 10.2 Å². The number of hydrogen-bond acceptors (Lipinski definition) is 5. The molecule has 0 aliphatic heterocycles. The largest absolute Gasteiger partial charge is 0.348 e. The number of nitrogens with one attached hydrogen (secondary N) is 2. The molecule has 1 aliphatic rings. The average molecular weight is 317 g/mol. The number of hydrogen-bond donors (Lipinski definition) is 2. The van der Waals surface area contributed by atoms with E-state index in [4.69, 9.17) is 4.98 Å². The third-order valence-corrected chi connectivity index (χ3v) is 5.43. The topological polar surface area (TPSA) is 59.5 Å². The predicted octanol–water partition coefficient (Wildman–Crippen LogP) is 0.774. The maximum atomic E-state index is 4.84. The zero-order valence-corrected chi connectivity index (χ0v) is 13.8. The molecule has 0 unspecified atom stereocenters. The fraction of sp³-hybridized carbons (Fsp3) is 0.533. The summed E-state index contributed by atoms with van der Waals surface area (Å²) >= 11 is 1.83. The first-order chi connectivity index (χ1) is 10.7. The van der Waals surface area contributed by atoms with Crippen LogP contribution in [-0.2, 0) is 12.8 Å². The van der Waals surface area contributed by atoms with Crippen molar-refractivity contribution in [2.24, 2.45) is 0 Å². The molecule has 0 spiro atoms. The summed E-state index contributed by atoms with van der Waals surface area (Å²) in [6, 6.07) is 0. The molecule has 0 bridgehead atoms. The highest BCUT2D eigenvalue weighted by Gasteiger charge is 2.21. The molecule has 0 amide bonds. The van der Waals surface area contributed by atoms with Gasteiger partial charge in [-0.2, -0.15) is 9.61 Å². The summed E-state index contributed by atoms with van der Waals surface area (Å²) in [4.78, 5) is 13.4. The lowest BCUT2D eigenvalue weighted by molar-refractivity contribution is -0.856. The average Bonchev–Trinajstić information content (AvgIpc) is 3.10. The van der Waals surface area contributed by atoms with Gasteiger partial charge in [0.05, 0.1) is 32.6 Å². The molecule has 116 valence electrons. The van der Waals surface area contributed by atoms with Gasteiger partial charge in [-0.1, -0.05) is 0 Å². The van der Waals surface area contributed by atoms with Crippen LogP contribution in [0.2, 0.25) is 0 Å². The maximum Gasteiger partial charge on any atom is 0.227 e. The number of nitrogens with zero attached hydrogens (tertiary/aromatic N) is 4. The Morgan fingerprint density at radius 2 is 2.18 bits per heavy atom. The van der Waals surface area contributed by atoms with Crippen molar-refractivity contribution in [1.29, 1.82) is 0 Å². The Labute approximate surface area is 133 Å². The lowest BCUT2D eigenvalue weighted by Crippen LogP contribution is -3.06. The van der Waals surface area contributed by atoms with E-state index in [1.54, 1.807) is 6.33 Å². The van der Waals surface area contributed by atoms with Crippen molar-refractivity contribution in [3.8, 4) is 0 Å². The third kappa shape index (κ3) is 2.24. The van der Waals surface area contributed by atoms with Crippen LogP contribution in [0.25, 0.3) is 15.9 Å². The molecule has 3 aromatic rings. The van der Waals surface area contributed by atoms with Crippen molar-refractivity contribution in [3.05, 3.63) is 16.8 Å². The van der Waals surface area contributed by atoms with Gasteiger partial charge in [-0.15, -0.1) is 11.3 Å². The van der Waals surface area contributed by atoms with Gasteiger partial charge in [-0.3, -0.25) is 0 Å². The lowest BCUT2D eigenvalue weighted by Gasteiger charge is -2.11. The standard InChI is InChI=1S/C15H20N6S/c1-20(2)8-7-16-15-19-14-12(13-17-9-18-21(13)15)10-5-3-4-6-11(10)22-14/h9H,3-8H2,1-2H3,(H,16,19)/p+1. The minimum Gasteiger partial charge on any atom is -0.348 e. The monoisotopic (exact) mass is 317 g/mol. The summed E-state index contributed by atoms with van der Waals surface area (Å²) in [5.74, 6) is 0.805. The van der Waals surface area contributed by atoms with Gasteiger partial charge < -0.3 is 10.2 Å². The molecule has 2 N–H and O–H groups in total. The van der Waals surface area contributed by atoms with Crippen molar-refractivity contribution >= 4 is 33.1 Å². The number of anilines is 1. The Bertz CT molecular complexity index is 818. The van der Waals surface area contributed by atoms with E-state index in [0.29, 0.717) is 0 Å². The molecular weight excluding hydrogens is 296 g/mol. The number of fused-ring (bicyclic) bond motifs is 5. The number of quaternary nitrogens is 1. The van der Waals surface area contributed by atoms with E-state index in [-0.39, 0.29) is 0 Å². The van der Waals surface area contributed by atoms with Crippen LogP contribution in [0.4, 0.5) is 5.95 Å². The summed E-state index contributed by atoms with van der Waals surface area (Å²) in [7, 11) is 4.30. The maximum absolute atomic E-state index is 4.84. The molecule has 0 radical (unpaired) electrons. The van der Waals surface area contributed by atoms with Crippen molar-refractivity contribution in [2.45, 2.75) is 25.7 Å². The van der Waals surface area contributed by atoms with E-state index < -0.39 is 0 Å². The van der Waals surface area contributed by atoms with Crippen molar-refractivity contribution in [3.63, 3.8) is 0 Å². The minimum absolute atomic E-state index is 0.805. The van der Waals surface area contributed by atoms with Crippen molar-refractivity contribution < 1.29 is 4.90 Å². The minimum atomic E-state index is 0.805. The SMILES string of the molecule is C[NH+](C)CCNc1nc2sc3c(c2c2ncnn12)CCCC3. The first-order valence-electron chi connectivity index (χ1n) is 7.91. The van der Waals surface area contributed by atoms with Crippen LogP contribution in [0.1, 0.15) is 23.3 Å². The lowest BCUT2D eigenvalue weighted by atomic mass is 9.97. The molecule has 3 aromatic heterocycles. The van der Waals surface area contributed by atoms with Gasteiger partial charge in [0.1, 0.15) is 11.2 Å². The normalized spacial score (nSPS) is 14.9. The molecule has 3 heterocycles. The van der Waals surface area contributed by atoms with Gasteiger partial charge in [0.2, 0.25) is 5.95 Å². The number of likely N-dealkylation sites (N-methyl/N-ethyl adjacent to an activating group) is 1. The summed E-state index contributed by atoms with van der Waals surface area (Å²) in [5, 5.41) is 9.01. The van der Waals surface area contributed by atoms with E-state index in [9.17, 15) is 0 Å². The zero-order chi connectivity index (χ0) is 15.1. The molecule has 0 atom stereocenters. The van der Waals surface area contributed by atoms with Crippen LogP contribution in [0.15, 0.2) is 6.33 Å². The molecule has 0 saturated carbocycles. The molecular formula is C15H21N6S+. The quantitative estimate of drug-likeness (QED) is 0.746. The first-order valence-corrected chi connectivity index (χ1v) is 8.72. The van der Waals surface area contributed by atoms with Crippen LogP contribution in [0.3, 0.4) is 0 Å². The Balaban J connectivity index is 1.82. The van der Waals surface area contributed by atoms with E-state index in [0.717, 1.165) is 35.9 Å². The number of aryl methyl sites for hydroxylation is 2. The van der Waals surface area contributed by atoms with Crippen molar-refractivity contribution in [1.82, 2.24) is 19.6 Å². The van der Waals surface area contributed by atoms with E-state index in [1.807, 2.05) is 15.9 Å². The summed E-state index contributed by atoms with van der Waals surface area (Å²) < 4.78 is 1.86. The Morgan fingerprint density at radius 1 is 1.32 bits per heavy atom. The van der Waals surface area contributed by atoms with Gasteiger partial charge in [0.15, 0.2) is 5.65 Å². The molecule has 0 aromatic carbocycles. The fourth-order valence-electron chi connectivity index (χ4n) is 3.11. The van der Waals surface area contributed by atoms with Gasteiger partial charge in [-0.25, -0.2) is 9.97 Å². The molecule has 22 heavy (non-hydrogen) atoms. The Morgan fingerprint density at radius 3 is 3.05 bits per heavy atom. The van der Waals surface area contributed by atoms with Crippen molar-refractivity contribution in [2.75, 3.05) is 32.5 Å². The number of aromatic nitrogens is 4. The van der Waals surface area contributed by atoms with Gasteiger partial charge >= 0.3 is 0 Å². The van der Waals surface area contributed by atoms with E-state index >= 15 is 0 Å². The van der Waals surface area contributed by atoms with Crippen LogP contribution in [0, 0.1) is 0 Å². The van der Waals surface area contributed by atoms with E-state index in [1.165, 1.54) is 40.0 Å². The fourth-order valence-corrected chi connectivity index (χ4v) is 4.37. The van der Waals surface area contributed by atoms with Gasteiger partial charge in [0, 0.05) is 4.88 Å². The van der Waals surface area contributed by atoms with Crippen LogP contribution >= 0.6 is 11.3 Å². The summed E-state index contributed by atoms with van der Waals surface area (Å²) in [5.41, 5.74) is 2.41. The number of rotatable bonds is 4. The smallest absolute Gasteiger partial charge is 0.227 e. The molecule has 0 saturated heterocycles. The van der Waals surface area contributed by atoms with Crippen LogP contribution in [0.5, 0.6) is 0 Å². The van der Waals surface area contributed by atoms with Gasteiger partial charge in [0.25, 0.3) is 0 Å². The number of thiophene rings is 1. The second-order valence-corrected chi connectivity index (χ2v) is 7.29. The molecule has 1 aliphatic carbocycles. The first kappa shape index (κ1) is 13.9. The van der Waals surface area contributed by atoms with Gasteiger partial charge in [-0.05, 0) is 31.2 Å². The predicted molar refractivity (Wildman–Crippen MR) is 89.0 cm³/mol. The highest BCUT2D eigenvalue weighted by atomic mass is 32.1. The second-order valence-electron chi connectivity index (χ2n) is 6.21. The zero-order valence-electron chi connectivity index (χ0n) is 13.0. The third-order valence-electron chi connectivity index (χ3n) is 4.24. The molecule has 0 fully saturated rings. The highest BCUT2D eigenvalue weighted by Crippen LogP contribution is 2.37. The summed E-state index contributed by atoms with van der Waals surface area (Å²) in [6.45, 7) is 1.91. The molecule has 4 rings (SSSR count). The van der Waals surface area contributed by atoms with Crippen LogP contribution in [-0.4, -0.2) is 46.8 Å². The molecule has 6 nitrogen and oxygen atoms in total. The second kappa shape index (κ2) is 5.48. The summed E-state index contributed by atoms with van der Waals surface area (Å²) in [6.07, 6.45) is 6.52. The molecule has 7 heteroatoms. The Hall–Kier alpha value is -1.73. The van der Waals surface area contributed by atoms with E-state index in [2.05, 4.69) is 29.5 Å².